The molecular weight excluding hydrogens is 194 g/mol. The molecule has 0 heterocycles. The van der Waals surface area contributed by atoms with Gasteiger partial charge >= 0.3 is 0 Å². The average Bonchev–Trinajstić information content (AvgIpc) is 2.07. The Bertz CT molecular complexity index is 284. The predicted molar refractivity (Wildman–Crippen MR) is 64.2 cm³/mol. The average molecular weight is 212 g/mol. The second kappa shape index (κ2) is 4.22. The second-order valence-corrected chi connectivity index (χ2v) is 4.83. The van der Waals surface area contributed by atoms with Crippen LogP contribution in [-0.2, 0) is 0 Å². The Labute approximate surface area is 91.7 Å². The van der Waals surface area contributed by atoms with Crippen molar-refractivity contribution in [1.29, 1.82) is 0 Å². The summed E-state index contributed by atoms with van der Waals surface area (Å²) < 4.78 is 0. The summed E-state index contributed by atoms with van der Waals surface area (Å²) in [6.45, 7) is 9.81. The molecule has 0 aliphatic heterocycles. The Balaban J connectivity index is 2.96. The maximum Gasteiger partial charge on any atom is 0.0407 e. The van der Waals surface area contributed by atoms with Crippen molar-refractivity contribution >= 4 is 17.3 Å². The molecule has 0 spiro atoms. The summed E-state index contributed by atoms with van der Waals surface area (Å²) in [5, 5.41) is 0.790. The molecule has 0 bridgehead atoms. The summed E-state index contributed by atoms with van der Waals surface area (Å²) in [4.78, 5) is 2.35. The van der Waals surface area contributed by atoms with Crippen LogP contribution in [0.5, 0.6) is 0 Å². The minimum Gasteiger partial charge on any atom is -0.367 e. The highest BCUT2D eigenvalue weighted by atomic mass is 35.5. The number of nitrogens with zero attached hydrogens (tertiary/aromatic N) is 1. The molecule has 0 amide bonds. The zero-order chi connectivity index (χ0) is 10.8. The number of hydrogen-bond donors (Lipinski definition) is 0. The number of rotatable bonds is 2. The van der Waals surface area contributed by atoms with E-state index in [-0.39, 0.29) is 5.54 Å². The molecule has 0 aliphatic rings. The van der Waals surface area contributed by atoms with E-state index in [1.54, 1.807) is 0 Å². The highest BCUT2D eigenvalue weighted by molar-refractivity contribution is 6.30. The molecule has 14 heavy (non-hydrogen) atoms. The van der Waals surface area contributed by atoms with Crippen molar-refractivity contribution < 1.29 is 0 Å². The van der Waals surface area contributed by atoms with Crippen LogP contribution in [-0.4, -0.2) is 12.1 Å². The van der Waals surface area contributed by atoms with Gasteiger partial charge in [-0.25, -0.2) is 0 Å². The lowest BCUT2D eigenvalue weighted by Gasteiger charge is -2.37. The molecule has 0 saturated carbocycles. The minimum atomic E-state index is 0.155. The van der Waals surface area contributed by atoms with Gasteiger partial charge in [0.25, 0.3) is 0 Å². The van der Waals surface area contributed by atoms with Crippen LogP contribution in [0, 0.1) is 0 Å². The number of halogens is 1. The lowest BCUT2D eigenvalue weighted by molar-refractivity contribution is 0.513. The van der Waals surface area contributed by atoms with Gasteiger partial charge in [-0.2, -0.15) is 0 Å². The Morgan fingerprint density at radius 2 is 1.64 bits per heavy atom. The van der Waals surface area contributed by atoms with Gasteiger partial charge in [-0.15, -0.1) is 0 Å². The molecule has 0 fully saturated rings. The van der Waals surface area contributed by atoms with Crippen LogP contribution in [0.15, 0.2) is 24.3 Å². The van der Waals surface area contributed by atoms with Gasteiger partial charge in [0.05, 0.1) is 0 Å². The van der Waals surface area contributed by atoms with E-state index in [0.717, 1.165) is 11.6 Å². The minimum absolute atomic E-state index is 0.155. The summed E-state index contributed by atoms with van der Waals surface area (Å²) in [6, 6.07) is 8.00. The molecule has 1 aromatic rings. The normalized spacial score (nSPS) is 11.5. The molecule has 78 valence electrons. The fourth-order valence-electron chi connectivity index (χ4n) is 1.67. The van der Waals surface area contributed by atoms with Crippen molar-refractivity contribution in [2.75, 3.05) is 11.4 Å². The van der Waals surface area contributed by atoms with Crippen LogP contribution in [0.4, 0.5) is 5.69 Å². The third kappa shape index (κ3) is 2.65. The predicted octanol–water partition coefficient (Wildman–Crippen LogP) is 3.96. The molecule has 1 rings (SSSR count). The summed E-state index contributed by atoms with van der Waals surface area (Å²) >= 11 is 5.86. The Morgan fingerprint density at radius 3 is 2.00 bits per heavy atom. The van der Waals surface area contributed by atoms with Crippen molar-refractivity contribution in [3.8, 4) is 0 Å². The van der Waals surface area contributed by atoms with E-state index in [2.05, 4.69) is 44.7 Å². The van der Waals surface area contributed by atoms with Gasteiger partial charge in [0.2, 0.25) is 0 Å². The van der Waals surface area contributed by atoms with Gasteiger partial charge in [0.15, 0.2) is 0 Å². The molecule has 1 nitrogen and oxygen atoms in total. The van der Waals surface area contributed by atoms with Crippen molar-refractivity contribution in [3.05, 3.63) is 29.3 Å². The lowest BCUT2D eigenvalue weighted by Crippen LogP contribution is -2.41. The molecule has 2 heteroatoms. The molecule has 0 aromatic heterocycles. The first-order chi connectivity index (χ1) is 6.45. The van der Waals surface area contributed by atoms with Crippen LogP contribution in [0.25, 0.3) is 0 Å². The number of hydrogen-bond acceptors (Lipinski definition) is 1. The van der Waals surface area contributed by atoms with Crippen molar-refractivity contribution in [1.82, 2.24) is 0 Å². The summed E-state index contributed by atoms with van der Waals surface area (Å²) in [7, 11) is 0. The van der Waals surface area contributed by atoms with Gasteiger partial charge in [-0.05, 0) is 52.0 Å². The third-order valence-corrected chi connectivity index (χ3v) is 2.52. The molecule has 0 unspecified atom stereocenters. The first-order valence-electron chi connectivity index (χ1n) is 4.98. The summed E-state index contributed by atoms with van der Waals surface area (Å²) in [5.74, 6) is 0. The highest BCUT2D eigenvalue weighted by Crippen LogP contribution is 2.24. The zero-order valence-corrected chi connectivity index (χ0v) is 10.1. The quantitative estimate of drug-likeness (QED) is 0.716. The third-order valence-electron chi connectivity index (χ3n) is 2.26. The fraction of sp³-hybridized carbons (Fsp3) is 0.500. The van der Waals surface area contributed by atoms with E-state index in [9.17, 15) is 0 Å². The molecule has 0 radical (unpaired) electrons. The van der Waals surface area contributed by atoms with E-state index >= 15 is 0 Å². The van der Waals surface area contributed by atoms with E-state index < -0.39 is 0 Å². The van der Waals surface area contributed by atoms with Crippen LogP contribution in [0.2, 0.25) is 5.02 Å². The van der Waals surface area contributed by atoms with Crippen LogP contribution in [0.1, 0.15) is 27.7 Å². The standard InChI is InChI=1S/C12H18ClN/c1-5-14(12(2,3)4)11-8-6-10(13)7-9-11/h6-9H,5H2,1-4H3. The van der Waals surface area contributed by atoms with E-state index in [1.165, 1.54) is 5.69 Å². The Hall–Kier alpha value is -0.690. The lowest BCUT2D eigenvalue weighted by atomic mass is 10.0. The first-order valence-corrected chi connectivity index (χ1v) is 5.36. The van der Waals surface area contributed by atoms with Crippen LogP contribution >= 0.6 is 11.6 Å². The smallest absolute Gasteiger partial charge is 0.0407 e. The van der Waals surface area contributed by atoms with Gasteiger partial charge < -0.3 is 4.90 Å². The summed E-state index contributed by atoms with van der Waals surface area (Å²) in [5.41, 5.74) is 1.38. The monoisotopic (exact) mass is 211 g/mol. The van der Waals surface area contributed by atoms with Gasteiger partial charge in [0.1, 0.15) is 0 Å². The topological polar surface area (TPSA) is 3.24 Å². The van der Waals surface area contributed by atoms with Crippen LogP contribution in [0.3, 0.4) is 0 Å². The summed E-state index contributed by atoms with van der Waals surface area (Å²) in [6.07, 6.45) is 0. The number of anilines is 1. The first kappa shape index (κ1) is 11.4. The SMILES string of the molecule is CCN(c1ccc(Cl)cc1)C(C)(C)C. The van der Waals surface area contributed by atoms with Gasteiger partial charge in [-0.3, -0.25) is 0 Å². The molecule has 0 N–H and O–H groups in total. The Morgan fingerprint density at radius 1 is 1.14 bits per heavy atom. The maximum atomic E-state index is 5.86. The van der Waals surface area contributed by atoms with E-state index in [4.69, 9.17) is 11.6 Å². The molecule has 1 aromatic carbocycles. The zero-order valence-electron chi connectivity index (χ0n) is 9.34. The fourth-order valence-corrected chi connectivity index (χ4v) is 1.79. The van der Waals surface area contributed by atoms with Crippen molar-refractivity contribution in [2.45, 2.75) is 33.2 Å². The largest absolute Gasteiger partial charge is 0.367 e. The highest BCUT2D eigenvalue weighted by Gasteiger charge is 2.19. The van der Waals surface area contributed by atoms with Crippen molar-refractivity contribution in [3.63, 3.8) is 0 Å². The van der Waals surface area contributed by atoms with E-state index in [0.29, 0.717) is 0 Å². The van der Waals surface area contributed by atoms with Crippen LogP contribution < -0.4 is 4.90 Å². The molecule has 0 atom stereocenters. The number of benzene rings is 1. The molecule has 0 saturated heterocycles. The van der Waals surface area contributed by atoms with Gasteiger partial charge in [0, 0.05) is 22.8 Å². The van der Waals surface area contributed by atoms with Crippen molar-refractivity contribution in [2.24, 2.45) is 0 Å². The Kier molecular flexibility index (Phi) is 3.43. The van der Waals surface area contributed by atoms with E-state index in [1.807, 2.05) is 12.1 Å². The van der Waals surface area contributed by atoms with Gasteiger partial charge in [-0.1, -0.05) is 11.6 Å². The maximum absolute atomic E-state index is 5.86. The molecule has 0 aliphatic carbocycles. The second-order valence-electron chi connectivity index (χ2n) is 4.39. The molecular formula is C12H18ClN.